The second-order valence-corrected chi connectivity index (χ2v) is 6.96. The van der Waals surface area contributed by atoms with Crippen LogP contribution in [0.25, 0.3) is 0 Å². The smallest absolute Gasteiger partial charge is 0.329 e. The third kappa shape index (κ3) is 3.59. The summed E-state index contributed by atoms with van der Waals surface area (Å²) >= 11 is 1.73. The van der Waals surface area contributed by atoms with Gasteiger partial charge < -0.3 is 10.4 Å². The van der Waals surface area contributed by atoms with Gasteiger partial charge in [-0.25, -0.2) is 4.79 Å². The van der Waals surface area contributed by atoms with Gasteiger partial charge in [0, 0.05) is 5.56 Å². The number of amides is 1. The Balaban J connectivity index is 2.13. The van der Waals surface area contributed by atoms with Crippen LogP contribution in [0.2, 0.25) is 0 Å². The molecule has 4 nitrogen and oxygen atoms in total. The molecule has 2 rings (SSSR count). The third-order valence-corrected chi connectivity index (χ3v) is 4.93. The van der Waals surface area contributed by atoms with Crippen LogP contribution in [0.1, 0.15) is 48.5 Å². The highest BCUT2D eigenvalue weighted by atomic mass is 32.2. The molecule has 2 N–H and O–H groups in total. The van der Waals surface area contributed by atoms with Gasteiger partial charge >= 0.3 is 5.97 Å². The summed E-state index contributed by atoms with van der Waals surface area (Å²) in [6.07, 6.45) is 0.950. The minimum atomic E-state index is -1.11. The van der Waals surface area contributed by atoms with Gasteiger partial charge in [0.1, 0.15) is 5.54 Å². The second-order valence-electron chi connectivity index (χ2n) is 5.73. The van der Waals surface area contributed by atoms with E-state index in [1.807, 2.05) is 12.1 Å². The molecule has 21 heavy (non-hydrogen) atoms. The Labute approximate surface area is 129 Å². The summed E-state index contributed by atoms with van der Waals surface area (Å²) < 4.78 is 0. The number of carboxylic acids is 1. The minimum Gasteiger partial charge on any atom is -0.480 e. The Kier molecular flexibility index (Phi) is 4.93. The number of carbonyl (C=O) groups is 2. The van der Waals surface area contributed by atoms with E-state index < -0.39 is 11.5 Å². The fraction of sp³-hybridized carbons (Fsp3) is 0.500. The molecule has 0 aliphatic carbocycles. The number of carbonyl (C=O) groups excluding carboxylic acids is 1. The van der Waals surface area contributed by atoms with Crippen LogP contribution in [-0.4, -0.2) is 34.0 Å². The van der Waals surface area contributed by atoms with Crippen molar-refractivity contribution in [3.63, 3.8) is 0 Å². The second kappa shape index (κ2) is 6.52. The molecule has 1 saturated heterocycles. The largest absolute Gasteiger partial charge is 0.480 e. The van der Waals surface area contributed by atoms with Gasteiger partial charge in [0.05, 0.1) is 0 Å². The minimum absolute atomic E-state index is 0.306. The molecule has 1 amide bonds. The molecule has 0 bridgehead atoms. The van der Waals surface area contributed by atoms with Gasteiger partial charge in [-0.2, -0.15) is 11.8 Å². The lowest BCUT2D eigenvalue weighted by molar-refractivity contribution is -0.144. The van der Waals surface area contributed by atoms with E-state index in [9.17, 15) is 14.7 Å². The zero-order valence-electron chi connectivity index (χ0n) is 12.4. The molecule has 1 aromatic rings. The maximum absolute atomic E-state index is 12.3. The number of rotatable bonds is 4. The molecule has 0 atom stereocenters. The van der Waals surface area contributed by atoms with Gasteiger partial charge in [0.2, 0.25) is 0 Å². The Morgan fingerprint density at radius 1 is 1.19 bits per heavy atom. The number of aliphatic carboxylic acids is 1. The van der Waals surface area contributed by atoms with Crippen molar-refractivity contribution in [2.75, 3.05) is 11.5 Å². The fourth-order valence-electron chi connectivity index (χ4n) is 2.42. The zero-order chi connectivity index (χ0) is 15.5. The molecule has 0 spiro atoms. The molecule has 1 aliphatic rings. The molecule has 0 unspecified atom stereocenters. The van der Waals surface area contributed by atoms with Crippen LogP contribution in [-0.2, 0) is 4.79 Å². The Morgan fingerprint density at radius 3 is 2.24 bits per heavy atom. The van der Waals surface area contributed by atoms with E-state index in [2.05, 4.69) is 19.2 Å². The summed E-state index contributed by atoms with van der Waals surface area (Å²) in [4.78, 5) is 23.9. The molecule has 1 fully saturated rings. The summed E-state index contributed by atoms with van der Waals surface area (Å²) in [5.41, 5.74) is 0.561. The van der Waals surface area contributed by atoms with E-state index in [0.717, 1.165) is 17.1 Å². The van der Waals surface area contributed by atoms with Gasteiger partial charge in [-0.05, 0) is 48.0 Å². The van der Waals surface area contributed by atoms with Crippen LogP contribution in [0.5, 0.6) is 0 Å². The average molecular weight is 307 g/mol. The number of hydrogen-bond donors (Lipinski definition) is 2. The first kappa shape index (κ1) is 15.9. The van der Waals surface area contributed by atoms with Crippen molar-refractivity contribution in [3.8, 4) is 0 Å². The monoisotopic (exact) mass is 307 g/mol. The molecule has 1 heterocycles. The van der Waals surface area contributed by atoms with Crippen LogP contribution in [0.4, 0.5) is 0 Å². The Bertz CT molecular complexity index is 519. The molecule has 0 radical (unpaired) electrons. The number of hydrogen-bond acceptors (Lipinski definition) is 3. The van der Waals surface area contributed by atoms with Crippen LogP contribution in [0.15, 0.2) is 24.3 Å². The maximum Gasteiger partial charge on any atom is 0.329 e. The van der Waals surface area contributed by atoms with E-state index in [-0.39, 0.29) is 5.91 Å². The molecule has 5 heteroatoms. The van der Waals surface area contributed by atoms with Crippen LogP contribution in [0.3, 0.4) is 0 Å². The van der Waals surface area contributed by atoms with Gasteiger partial charge in [0.15, 0.2) is 0 Å². The van der Waals surface area contributed by atoms with E-state index in [1.165, 1.54) is 0 Å². The zero-order valence-corrected chi connectivity index (χ0v) is 13.2. The summed E-state index contributed by atoms with van der Waals surface area (Å²) in [7, 11) is 0. The Morgan fingerprint density at radius 2 is 1.76 bits per heavy atom. The lowest BCUT2D eigenvalue weighted by atomic mass is 9.91. The quantitative estimate of drug-likeness (QED) is 0.897. The topological polar surface area (TPSA) is 66.4 Å². The maximum atomic E-state index is 12.3. The summed E-state index contributed by atoms with van der Waals surface area (Å²) in [5.74, 6) is 0.690. The van der Waals surface area contributed by atoms with Crippen molar-refractivity contribution in [2.24, 2.45) is 0 Å². The predicted octanol–water partition coefficient (Wildman–Crippen LogP) is 2.89. The Hall–Kier alpha value is -1.49. The van der Waals surface area contributed by atoms with Crippen LogP contribution < -0.4 is 5.32 Å². The molecular formula is C16H21NO3S. The van der Waals surface area contributed by atoms with Crippen molar-refractivity contribution in [2.45, 2.75) is 38.1 Å². The van der Waals surface area contributed by atoms with Crippen molar-refractivity contribution in [1.29, 1.82) is 0 Å². The highest BCUT2D eigenvalue weighted by molar-refractivity contribution is 7.99. The van der Waals surface area contributed by atoms with Crippen molar-refractivity contribution in [3.05, 3.63) is 35.4 Å². The number of nitrogens with one attached hydrogen (secondary N) is 1. The molecular weight excluding hydrogens is 286 g/mol. The standard InChI is InChI=1S/C16H21NO3S/c1-11(2)12-3-5-13(6-4-12)14(18)17-16(15(19)20)7-9-21-10-8-16/h3-6,11H,7-10H2,1-2H3,(H,17,18)(H,19,20). The van der Waals surface area contributed by atoms with E-state index in [0.29, 0.717) is 24.3 Å². The average Bonchev–Trinajstić information content (AvgIpc) is 2.48. The predicted molar refractivity (Wildman–Crippen MR) is 84.9 cm³/mol. The normalized spacial score (nSPS) is 17.5. The summed E-state index contributed by atoms with van der Waals surface area (Å²) in [6.45, 7) is 4.18. The van der Waals surface area contributed by atoms with Gasteiger partial charge in [-0.15, -0.1) is 0 Å². The van der Waals surface area contributed by atoms with Crippen molar-refractivity contribution in [1.82, 2.24) is 5.32 Å². The van der Waals surface area contributed by atoms with Crippen LogP contribution in [0, 0.1) is 0 Å². The van der Waals surface area contributed by atoms with Crippen LogP contribution >= 0.6 is 11.8 Å². The molecule has 0 saturated carbocycles. The lowest BCUT2D eigenvalue weighted by Crippen LogP contribution is -2.56. The first-order valence-corrected chi connectivity index (χ1v) is 8.34. The molecule has 1 aromatic carbocycles. The van der Waals surface area contributed by atoms with Gasteiger partial charge in [0.25, 0.3) is 5.91 Å². The van der Waals surface area contributed by atoms with Crippen molar-refractivity contribution < 1.29 is 14.7 Å². The number of thioether (sulfide) groups is 1. The van der Waals surface area contributed by atoms with E-state index in [4.69, 9.17) is 0 Å². The first-order valence-electron chi connectivity index (χ1n) is 7.18. The first-order chi connectivity index (χ1) is 9.94. The van der Waals surface area contributed by atoms with Gasteiger partial charge in [-0.1, -0.05) is 26.0 Å². The summed E-state index contributed by atoms with van der Waals surface area (Å²) in [5, 5.41) is 12.2. The van der Waals surface area contributed by atoms with Crippen molar-refractivity contribution >= 4 is 23.6 Å². The lowest BCUT2D eigenvalue weighted by Gasteiger charge is -2.33. The number of carboxylic acid groups (broad SMARTS) is 1. The van der Waals surface area contributed by atoms with E-state index in [1.54, 1.807) is 23.9 Å². The number of benzene rings is 1. The summed E-state index contributed by atoms with van der Waals surface area (Å²) in [6, 6.07) is 7.36. The SMILES string of the molecule is CC(C)c1ccc(C(=O)NC2(C(=O)O)CCSCC2)cc1. The highest BCUT2D eigenvalue weighted by Crippen LogP contribution is 2.28. The molecule has 0 aromatic heterocycles. The van der Waals surface area contributed by atoms with Gasteiger partial charge in [-0.3, -0.25) is 4.79 Å². The molecule has 114 valence electrons. The fourth-order valence-corrected chi connectivity index (χ4v) is 3.61. The highest BCUT2D eigenvalue weighted by Gasteiger charge is 2.41. The third-order valence-electron chi connectivity index (χ3n) is 3.95. The molecule has 1 aliphatic heterocycles. The van der Waals surface area contributed by atoms with E-state index >= 15 is 0 Å².